The maximum absolute atomic E-state index is 12.8. The van der Waals surface area contributed by atoms with Gasteiger partial charge in [0.15, 0.2) is 0 Å². The molecule has 1 unspecified atom stereocenters. The Hall–Kier alpha value is -2.77. The first-order valence-electron chi connectivity index (χ1n) is 11.1. The molecule has 1 N–H and O–H groups in total. The SMILES string of the molecule is Cc1cc2c(cc1/C=C(/C#N)C(=O)Nc1cc(Cl)ccc1C)C(C)CC(C)(C)N2C(C)C. The van der Waals surface area contributed by atoms with Crippen LogP contribution in [-0.4, -0.2) is 17.5 Å². The van der Waals surface area contributed by atoms with Crippen molar-refractivity contribution < 1.29 is 4.79 Å². The highest BCUT2D eigenvalue weighted by Gasteiger charge is 2.37. The zero-order valence-corrected chi connectivity index (χ0v) is 20.8. The van der Waals surface area contributed by atoms with E-state index in [1.807, 2.05) is 19.9 Å². The van der Waals surface area contributed by atoms with E-state index in [1.165, 1.54) is 11.3 Å². The molecule has 1 aliphatic rings. The number of hydrogen-bond donors (Lipinski definition) is 1. The second kappa shape index (κ2) is 9.00. The fourth-order valence-electron chi connectivity index (χ4n) is 4.97. The summed E-state index contributed by atoms with van der Waals surface area (Å²) in [5.74, 6) is -0.0517. The summed E-state index contributed by atoms with van der Waals surface area (Å²) in [4.78, 5) is 15.3. The Morgan fingerprint density at radius 1 is 1.25 bits per heavy atom. The first-order chi connectivity index (χ1) is 14.9. The highest BCUT2D eigenvalue weighted by molar-refractivity contribution is 6.31. The number of halogens is 1. The summed E-state index contributed by atoms with van der Waals surface area (Å²) in [6.45, 7) is 15.2. The molecule has 1 atom stereocenters. The summed E-state index contributed by atoms with van der Waals surface area (Å²) in [5.41, 5.74) is 6.07. The van der Waals surface area contributed by atoms with E-state index >= 15 is 0 Å². The normalized spacial score (nSPS) is 17.7. The second-order valence-electron chi connectivity index (χ2n) is 9.73. The van der Waals surface area contributed by atoms with Crippen LogP contribution in [0.3, 0.4) is 0 Å². The van der Waals surface area contributed by atoms with Gasteiger partial charge in [0.1, 0.15) is 11.6 Å². The average Bonchev–Trinajstić information content (AvgIpc) is 2.68. The van der Waals surface area contributed by atoms with E-state index < -0.39 is 5.91 Å². The van der Waals surface area contributed by atoms with Gasteiger partial charge in [0.05, 0.1) is 0 Å². The smallest absolute Gasteiger partial charge is 0.266 e. The second-order valence-corrected chi connectivity index (χ2v) is 10.2. The Morgan fingerprint density at radius 2 is 1.94 bits per heavy atom. The quantitative estimate of drug-likeness (QED) is 0.403. The maximum atomic E-state index is 12.8. The van der Waals surface area contributed by atoms with Gasteiger partial charge >= 0.3 is 0 Å². The molecule has 0 saturated heterocycles. The summed E-state index contributed by atoms with van der Waals surface area (Å²) in [6.07, 6.45) is 2.74. The number of hydrogen-bond acceptors (Lipinski definition) is 3. The number of rotatable bonds is 4. The Bertz CT molecular complexity index is 1120. The third kappa shape index (κ3) is 4.69. The van der Waals surface area contributed by atoms with E-state index in [2.05, 4.69) is 63.0 Å². The van der Waals surface area contributed by atoms with Crippen LogP contribution in [-0.2, 0) is 4.79 Å². The van der Waals surface area contributed by atoms with Crippen LogP contribution < -0.4 is 10.2 Å². The lowest BCUT2D eigenvalue weighted by Crippen LogP contribution is -2.51. The monoisotopic (exact) mass is 449 g/mol. The summed E-state index contributed by atoms with van der Waals surface area (Å²) < 4.78 is 0. The summed E-state index contributed by atoms with van der Waals surface area (Å²) in [6, 6.07) is 12.1. The van der Waals surface area contributed by atoms with E-state index in [4.69, 9.17) is 11.6 Å². The lowest BCUT2D eigenvalue weighted by molar-refractivity contribution is -0.112. The third-order valence-corrected chi connectivity index (χ3v) is 6.53. The van der Waals surface area contributed by atoms with Crippen molar-refractivity contribution in [3.63, 3.8) is 0 Å². The summed E-state index contributed by atoms with van der Waals surface area (Å²) in [5, 5.41) is 13.1. The molecule has 0 aliphatic carbocycles. The van der Waals surface area contributed by atoms with Crippen LogP contribution in [0.15, 0.2) is 35.9 Å². The van der Waals surface area contributed by atoms with Crippen LogP contribution in [0.25, 0.3) is 6.08 Å². The van der Waals surface area contributed by atoms with Crippen LogP contribution in [0, 0.1) is 25.2 Å². The number of carbonyl (C=O) groups excluding carboxylic acids is 1. The van der Waals surface area contributed by atoms with Gasteiger partial charge in [-0.15, -0.1) is 0 Å². The first kappa shape index (κ1) is 23.9. The molecule has 1 aliphatic heterocycles. The molecule has 0 spiro atoms. The molecule has 2 aromatic rings. The van der Waals surface area contributed by atoms with Gasteiger partial charge in [0, 0.05) is 28.0 Å². The molecule has 32 heavy (non-hydrogen) atoms. The minimum absolute atomic E-state index is 0.0664. The molecule has 168 valence electrons. The van der Waals surface area contributed by atoms with Crippen LogP contribution >= 0.6 is 11.6 Å². The molecule has 0 saturated carbocycles. The molecule has 1 amide bonds. The van der Waals surface area contributed by atoms with E-state index in [0.29, 0.717) is 22.7 Å². The van der Waals surface area contributed by atoms with E-state index in [9.17, 15) is 10.1 Å². The van der Waals surface area contributed by atoms with Gasteiger partial charge in [-0.05, 0) is 106 Å². The number of aryl methyl sites for hydroxylation is 2. The van der Waals surface area contributed by atoms with Crippen LogP contribution in [0.4, 0.5) is 11.4 Å². The molecular formula is C27H32ClN3O. The molecule has 5 heteroatoms. The first-order valence-corrected chi connectivity index (χ1v) is 11.5. The highest BCUT2D eigenvalue weighted by Crippen LogP contribution is 2.45. The molecule has 2 aromatic carbocycles. The van der Waals surface area contributed by atoms with Gasteiger partial charge in [-0.3, -0.25) is 4.79 Å². The van der Waals surface area contributed by atoms with Crippen molar-refractivity contribution in [2.75, 3.05) is 10.2 Å². The fourth-order valence-corrected chi connectivity index (χ4v) is 5.14. The molecule has 0 aromatic heterocycles. The molecule has 0 fully saturated rings. The minimum Gasteiger partial charge on any atom is -0.364 e. The van der Waals surface area contributed by atoms with Crippen molar-refractivity contribution in [1.82, 2.24) is 0 Å². The zero-order valence-electron chi connectivity index (χ0n) is 20.0. The van der Waals surface area contributed by atoms with Crippen molar-refractivity contribution in [2.45, 2.75) is 72.4 Å². The molecule has 3 rings (SSSR count). The Balaban J connectivity index is 2.00. The molecule has 4 nitrogen and oxygen atoms in total. The van der Waals surface area contributed by atoms with E-state index in [-0.39, 0.29) is 11.1 Å². The Morgan fingerprint density at radius 3 is 2.56 bits per heavy atom. The van der Waals surface area contributed by atoms with Crippen molar-refractivity contribution in [2.24, 2.45) is 0 Å². The number of nitrogens with zero attached hydrogens (tertiary/aromatic N) is 2. The number of nitrogens with one attached hydrogen (secondary N) is 1. The van der Waals surface area contributed by atoms with Crippen molar-refractivity contribution in [3.05, 3.63) is 63.2 Å². The van der Waals surface area contributed by atoms with E-state index in [1.54, 1.807) is 18.2 Å². The lowest BCUT2D eigenvalue weighted by atomic mass is 9.78. The van der Waals surface area contributed by atoms with Crippen molar-refractivity contribution in [1.29, 1.82) is 5.26 Å². The van der Waals surface area contributed by atoms with Crippen molar-refractivity contribution in [3.8, 4) is 6.07 Å². The number of carbonyl (C=O) groups is 1. The number of benzene rings is 2. The lowest BCUT2D eigenvalue weighted by Gasteiger charge is -2.50. The third-order valence-electron chi connectivity index (χ3n) is 6.29. The van der Waals surface area contributed by atoms with Gasteiger partial charge in [-0.25, -0.2) is 0 Å². The average molecular weight is 450 g/mol. The number of nitriles is 1. The van der Waals surface area contributed by atoms with Crippen molar-refractivity contribution >= 4 is 35.0 Å². The molecular weight excluding hydrogens is 418 g/mol. The zero-order chi connectivity index (χ0) is 23.8. The molecule has 1 heterocycles. The van der Waals surface area contributed by atoms with Gasteiger partial charge in [-0.1, -0.05) is 24.6 Å². The van der Waals surface area contributed by atoms with Crippen LogP contribution in [0.1, 0.15) is 69.2 Å². The summed E-state index contributed by atoms with van der Waals surface area (Å²) in [7, 11) is 0. The summed E-state index contributed by atoms with van der Waals surface area (Å²) >= 11 is 6.06. The number of anilines is 2. The topological polar surface area (TPSA) is 56.1 Å². The van der Waals surface area contributed by atoms with E-state index in [0.717, 1.165) is 23.1 Å². The van der Waals surface area contributed by atoms with Gasteiger partial charge in [0.25, 0.3) is 5.91 Å². The standard InChI is InChI=1S/C27H32ClN3O/c1-16(2)31-25-10-18(4)20(12-23(25)19(5)14-27(31,6)7)11-21(15-29)26(32)30-24-13-22(28)9-8-17(24)3/h8-13,16,19H,14H2,1-7H3,(H,30,32)/b21-11-. The predicted octanol–water partition coefficient (Wildman–Crippen LogP) is 7.00. The van der Waals surface area contributed by atoms with Crippen LogP contribution in [0.5, 0.6) is 0 Å². The van der Waals surface area contributed by atoms with Gasteiger partial charge in [0.2, 0.25) is 0 Å². The van der Waals surface area contributed by atoms with Gasteiger partial charge in [-0.2, -0.15) is 5.26 Å². The molecule has 0 radical (unpaired) electrons. The fraction of sp³-hybridized carbons (Fsp3) is 0.407. The predicted molar refractivity (Wildman–Crippen MR) is 134 cm³/mol. The molecule has 0 bridgehead atoms. The minimum atomic E-state index is -0.437. The largest absolute Gasteiger partial charge is 0.364 e. The van der Waals surface area contributed by atoms with Gasteiger partial charge < -0.3 is 10.2 Å². The Kier molecular flexibility index (Phi) is 6.72. The maximum Gasteiger partial charge on any atom is 0.266 e. The Labute approximate surface area is 196 Å². The number of fused-ring (bicyclic) bond motifs is 1. The highest BCUT2D eigenvalue weighted by atomic mass is 35.5. The van der Waals surface area contributed by atoms with Crippen LogP contribution in [0.2, 0.25) is 5.02 Å². The number of amides is 1.